The molecule has 23 heavy (non-hydrogen) atoms. The number of hydrogen-bond donors (Lipinski definition) is 2. The number of sulfonamides is 1. The Hall–Kier alpha value is -0.860. The summed E-state index contributed by atoms with van der Waals surface area (Å²) in [4.78, 5) is 11.8. The summed E-state index contributed by atoms with van der Waals surface area (Å²) in [5, 5.41) is 5.61. The minimum Gasteiger partial charge on any atom is -0.376 e. The summed E-state index contributed by atoms with van der Waals surface area (Å²) in [6.07, 6.45) is 5.49. The number of nitrogens with zero attached hydrogens (tertiary/aromatic N) is 1. The number of urea groups is 1. The zero-order valence-corrected chi connectivity index (χ0v) is 14.3. The van der Waals surface area contributed by atoms with E-state index in [1.54, 1.807) is 4.31 Å². The molecule has 1 aliphatic carbocycles. The Morgan fingerprint density at radius 2 is 1.74 bits per heavy atom. The van der Waals surface area contributed by atoms with E-state index in [9.17, 15) is 13.2 Å². The Morgan fingerprint density at radius 3 is 2.35 bits per heavy atom. The van der Waals surface area contributed by atoms with Crippen LogP contribution in [0.25, 0.3) is 0 Å². The van der Waals surface area contributed by atoms with Crippen LogP contribution in [0.3, 0.4) is 0 Å². The molecule has 132 valence electrons. The average molecular weight is 345 g/mol. The number of hydrogen-bond acceptors (Lipinski definition) is 4. The van der Waals surface area contributed by atoms with E-state index in [1.165, 1.54) is 0 Å². The maximum atomic E-state index is 12.2. The van der Waals surface area contributed by atoms with Gasteiger partial charge in [0, 0.05) is 32.8 Å². The Labute approximate surface area is 138 Å². The number of rotatable bonds is 6. The average Bonchev–Trinajstić information content (AvgIpc) is 3.29. The first kappa shape index (κ1) is 17.0. The highest BCUT2D eigenvalue weighted by Gasteiger charge is 2.41. The number of ether oxygens (including phenoxy) is 1. The van der Waals surface area contributed by atoms with Crippen LogP contribution in [-0.4, -0.2) is 62.9 Å². The summed E-state index contributed by atoms with van der Waals surface area (Å²) in [5.41, 5.74) is 0. The highest BCUT2D eigenvalue weighted by molar-refractivity contribution is 7.90. The van der Waals surface area contributed by atoms with Crippen molar-refractivity contribution in [3.8, 4) is 0 Å². The van der Waals surface area contributed by atoms with Crippen LogP contribution in [0.2, 0.25) is 0 Å². The van der Waals surface area contributed by atoms with Gasteiger partial charge in [0.25, 0.3) is 0 Å². The first-order valence-corrected chi connectivity index (χ1v) is 10.2. The first-order valence-electron chi connectivity index (χ1n) is 8.68. The SMILES string of the molecule is O=C(NCC1CCN(S(=O)(=O)C2CC2)CC1)NCC1CCCO1. The van der Waals surface area contributed by atoms with E-state index in [-0.39, 0.29) is 17.4 Å². The second kappa shape index (κ2) is 7.36. The van der Waals surface area contributed by atoms with Gasteiger partial charge < -0.3 is 15.4 Å². The molecule has 0 aromatic rings. The van der Waals surface area contributed by atoms with E-state index >= 15 is 0 Å². The van der Waals surface area contributed by atoms with Crippen LogP contribution in [0.5, 0.6) is 0 Å². The molecule has 3 fully saturated rings. The van der Waals surface area contributed by atoms with Gasteiger partial charge in [-0.1, -0.05) is 0 Å². The van der Waals surface area contributed by atoms with Gasteiger partial charge in [-0.25, -0.2) is 17.5 Å². The molecule has 0 aromatic carbocycles. The zero-order valence-electron chi connectivity index (χ0n) is 13.5. The molecule has 2 N–H and O–H groups in total. The Balaban J connectivity index is 1.31. The molecule has 2 saturated heterocycles. The Bertz CT molecular complexity index is 507. The number of piperidine rings is 1. The molecule has 1 atom stereocenters. The lowest BCUT2D eigenvalue weighted by Gasteiger charge is -2.31. The lowest BCUT2D eigenvalue weighted by atomic mass is 9.98. The third-order valence-corrected chi connectivity index (χ3v) is 7.34. The zero-order chi connectivity index (χ0) is 16.3. The molecule has 8 heteroatoms. The molecule has 7 nitrogen and oxygen atoms in total. The van der Waals surface area contributed by atoms with Crippen molar-refractivity contribution in [3.05, 3.63) is 0 Å². The highest BCUT2D eigenvalue weighted by Crippen LogP contribution is 2.32. The van der Waals surface area contributed by atoms with Gasteiger partial charge in [-0.3, -0.25) is 0 Å². The van der Waals surface area contributed by atoms with Crippen molar-refractivity contribution >= 4 is 16.1 Å². The topological polar surface area (TPSA) is 87.7 Å². The fourth-order valence-corrected chi connectivity index (χ4v) is 5.13. The second-order valence-corrected chi connectivity index (χ2v) is 9.03. The van der Waals surface area contributed by atoms with Crippen LogP contribution in [0.15, 0.2) is 0 Å². The molecule has 0 aromatic heterocycles. The predicted octanol–water partition coefficient (Wildman–Crippen LogP) is 0.669. The van der Waals surface area contributed by atoms with E-state index in [0.717, 1.165) is 45.1 Å². The van der Waals surface area contributed by atoms with Crippen LogP contribution in [0.1, 0.15) is 38.5 Å². The summed E-state index contributed by atoms with van der Waals surface area (Å²) in [5.74, 6) is 0.356. The monoisotopic (exact) mass is 345 g/mol. The molecule has 1 unspecified atom stereocenters. The molecular formula is C15H27N3O4S. The summed E-state index contributed by atoms with van der Waals surface area (Å²) in [7, 11) is -3.04. The standard InChI is InChI=1S/C15H27N3O4S/c19-15(17-11-13-2-1-9-22-13)16-10-12-5-7-18(8-6-12)23(20,21)14-3-4-14/h12-14H,1-11H2,(H2,16,17,19). The molecule has 0 spiro atoms. The van der Waals surface area contributed by atoms with Gasteiger partial charge in [0.15, 0.2) is 0 Å². The van der Waals surface area contributed by atoms with E-state index in [2.05, 4.69) is 10.6 Å². The van der Waals surface area contributed by atoms with Crippen molar-refractivity contribution < 1.29 is 17.9 Å². The smallest absolute Gasteiger partial charge is 0.314 e. The normalized spacial score (nSPS) is 27.0. The molecule has 2 amide bonds. The second-order valence-electron chi connectivity index (χ2n) is 6.81. The van der Waals surface area contributed by atoms with Crippen LogP contribution in [0.4, 0.5) is 4.79 Å². The number of carbonyl (C=O) groups is 1. The molecule has 3 aliphatic rings. The predicted molar refractivity (Wildman–Crippen MR) is 86.6 cm³/mol. The molecule has 2 heterocycles. The van der Waals surface area contributed by atoms with Crippen LogP contribution < -0.4 is 10.6 Å². The van der Waals surface area contributed by atoms with E-state index < -0.39 is 10.0 Å². The van der Waals surface area contributed by atoms with Crippen LogP contribution in [-0.2, 0) is 14.8 Å². The third-order valence-electron chi connectivity index (χ3n) is 4.94. The quantitative estimate of drug-likeness (QED) is 0.741. The van der Waals surface area contributed by atoms with Gasteiger partial charge in [0.05, 0.1) is 11.4 Å². The van der Waals surface area contributed by atoms with E-state index in [4.69, 9.17) is 4.74 Å². The van der Waals surface area contributed by atoms with Gasteiger partial charge in [-0.15, -0.1) is 0 Å². The molecule has 2 aliphatic heterocycles. The van der Waals surface area contributed by atoms with E-state index in [0.29, 0.717) is 32.1 Å². The van der Waals surface area contributed by atoms with Gasteiger partial charge in [0.2, 0.25) is 10.0 Å². The summed E-state index contributed by atoms with van der Waals surface area (Å²) < 4.78 is 31.4. The first-order chi connectivity index (χ1) is 11.1. The van der Waals surface area contributed by atoms with Gasteiger partial charge in [-0.05, 0) is 44.4 Å². The third kappa shape index (κ3) is 4.58. The molecule has 0 bridgehead atoms. The highest BCUT2D eigenvalue weighted by atomic mass is 32.2. The fraction of sp³-hybridized carbons (Fsp3) is 0.933. The summed E-state index contributed by atoms with van der Waals surface area (Å²) >= 11 is 0. The summed E-state index contributed by atoms with van der Waals surface area (Å²) in [6.45, 7) is 3.13. The van der Waals surface area contributed by atoms with Gasteiger partial charge in [0.1, 0.15) is 0 Å². The number of nitrogens with one attached hydrogen (secondary N) is 2. The van der Waals surface area contributed by atoms with Crippen molar-refractivity contribution in [1.29, 1.82) is 0 Å². The molecular weight excluding hydrogens is 318 g/mol. The number of carbonyl (C=O) groups excluding carboxylic acids is 1. The lowest BCUT2D eigenvalue weighted by molar-refractivity contribution is 0.111. The fourth-order valence-electron chi connectivity index (χ4n) is 3.26. The van der Waals surface area contributed by atoms with Gasteiger partial charge >= 0.3 is 6.03 Å². The van der Waals surface area contributed by atoms with Crippen molar-refractivity contribution in [2.75, 3.05) is 32.8 Å². The van der Waals surface area contributed by atoms with Crippen LogP contribution >= 0.6 is 0 Å². The van der Waals surface area contributed by atoms with Crippen molar-refractivity contribution in [2.24, 2.45) is 5.92 Å². The lowest BCUT2D eigenvalue weighted by Crippen LogP contribution is -2.45. The minimum absolute atomic E-state index is 0.124. The van der Waals surface area contributed by atoms with Crippen molar-refractivity contribution in [1.82, 2.24) is 14.9 Å². The van der Waals surface area contributed by atoms with Crippen molar-refractivity contribution in [3.63, 3.8) is 0 Å². The summed E-state index contributed by atoms with van der Waals surface area (Å²) in [6, 6.07) is -0.159. The van der Waals surface area contributed by atoms with Crippen molar-refractivity contribution in [2.45, 2.75) is 49.9 Å². The Morgan fingerprint density at radius 1 is 1.04 bits per heavy atom. The molecule has 3 rings (SSSR count). The van der Waals surface area contributed by atoms with Crippen LogP contribution in [0, 0.1) is 5.92 Å². The van der Waals surface area contributed by atoms with E-state index in [1.807, 2.05) is 0 Å². The Kier molecular flexibility index (Phi) is 5.43. The maximum absolute atomic E-state index is 12.2. The maximum Gasteiger partial charge on any atom is 0.314 e. The molecule has 0 radical (unpaired) electrons. The largest absolute Gasteiger partial charge is 0.376 e. The minimum atomic E-state index is -3.04. The molecule has 1 saturated carbocycles. The number of amides is 2. The van der Waals surface area contributed by atoms with Gasteiger partial charge in [-0.2, -0.15) is 0 Å².